The van der Waals surface area contributed by atoms with Gasteiger partial charge in [0.05, 0.1) is 11.4 Å². The molecule has 0 spiro atoms. The summed E-state index contributed by atoms with van der Waals surface area (Å²) < 4.78 is 20.0. The molecule has 1 aromatic carbocycles. The molecule has 136 valence electrons. The standard InChI is InChI=1S/C19H13B2FN2O4/c1-2-19(20,21)24-14-8-13(12(22)7-15(14)28-9-16(24)25)23-17(26)10-5-3-4-6-11(10)18(23)27/h1,7-8H,3-6,9H2. The van der Waals surface area contributed by atoms with Crippen LogP contribution in [0.15, 0.2) is 23.3 Å². The second-order valence-corrected chi connectivity index (χ2v) is 6.87. The van der Waals surface area contributed by atoms with E-state index in [1.807, 2.05) is 0 Å². The van der Waals surface area contributed by atoms with Crippen molar-refractivity contribution in [3.05, 3.63) is 29.1 Å². The number of rotatable bonds is 2. The lowest BCUT2D eigenvalue weighted by molar-refractivity contribution is -0.122. The highest BCUT2D eigenvalue weighted by Gasteiger charge is 2.42. The molecule has 9 heteroatoms. The van der Waals surface area contributed by atoms with Gasteiger partial charge in [-0.3, -0.25) is 14.4 Å². The van der Waals surface area contributed by atoms with Gasteiger partial charge in [-0.15, -0.1) is 6.42 Å². The van der Waals surface area contributed by atoms with E-state index in [-0.39, 0.29) is 17.1 Å². The smallest absolute Gasteiger partial charge is 0.264 e. The van der Waals surface area contributed by atoms with Crippen LogP contribution in [0.5, 0.6) is 5.75 Å². The normalized spacial score (nSPS) is 19.4. The number of benzene rings is 1. The first kappa shape index (κ1) is 18.4. The molecule has 0 N–H and O–H groups in total. The van der Waals surface area contributed by atoms with E-state index in [2.05, 4.69) is 5.92 Å². The monoisotopic (exact) mass is 374 g/mol. The van der Waals surface area contributed by atoms with Crippen molar-refractivity contribution in [1.82, 2.24) is 0 Å². The zero-order valence-electron chi connectivity index (χ0n) is 14.8. The Morgan fingerprint density at radius 3 is 2.25 bits per heavy atom. The molecule has 4 radical (unpaired) electrons. The van der Waals surface area contributed by atoms with Crippen LogP contribution >= 0.6 is 0 Å². The Balaban J connectivity index is 1.83. The largest absolute Gasteiger partial charge is 0.481 e. The summed E-state index contributed by atoms with van der Waals surface area (Å²) in [7, 11) is 11.7. The maximum absolute atomic E-state index is 14.8. The number of nitrogens with zero attached hydrogens (tertiary/aromatic N) is 2. The van der Waals surface area contributed by atoms with Crippen LogP contribution in [0.2, 0.25) is 0 Å². The predicted octanol–water partition coefficient (Wildman–Crippen LogP) is 0.919. The quantitative estimate of drug-likeness (QED) is 0.439. The number of carbonyl (C=O) groups is 3. The van der Waals surface area contributed by atoms with Crippen molar-refractivity contribution in [1.29, 1.82) is 0 Å². The van der Waals surface area contributed by atoms with E-state index < -0.39 is 35.5 Å². The van der Waals surface area contributed by atoms with Crippen LogP contribution < -0.4 is 14.5 Å². The summed E-state index contributed by atoms with van der Waals surface area (Å²) in [5, 5.41) is -2.00. The topological polar surface area (TPSA) is 66.9 Å². The van der Waals surface area contributed by atoms with Crippen LogP contribution in [-0.2, 0) is 14.4 Å². The number of hydrogen-bond donors (Lipinski definition) is 0. The number of fused-ring (bicyclic) bond motifs is 1. The molecule has 1 aliphatic carbocycles. The van der Waals surface area contributed by atoms with Crippen molar-refractivity contribution >= 4 is 44.8 Å². The maximum Gasteiger partial charge on any atom is 0.264 e. The number of hydrogen-bond acceptors (Lipinski definition) is 4. The first-order valence-corrected chi connectivity index (χ1v) is 8.72. The maximum atomic E-state index is 14.8. The Morgan fingerprint density at radius 2 is 1.68 bits per heavy atom. The van der Waals surface area contributed by atoms with Crippen molar-refractivity contribution in [2.45, 2.75) is 31.0 Å². The minimum absolute atomic E-state index is 0.0129. The molecule has 4 rings (SSSR count). The highest BCUT2D eigenvalue weighted by atomic mass is 19.1. The molecule has 1 aromatic rings. The summed E-state index contributed by atoms with van der Waals surface area (Å²) in [4.78, 5) is 39.5. The van der Waals surface area contributed by atoms with Crippen LogP contribution in [0, 0.1) is 18.2 Å². The minimum atomic E-state index is -2.00. The van der Waals surface area contributed by atoms with Gasteiger partial charge in [0, 0.05) is 22.6 Å². The lowest BCUT2D eigenvalue weighted by Crippen LogP contribution is -2.55. The molecule has 0 unspecified atom stereocenters. The van der Waals surface area contributed by atoms with Crippen molar-refractivity contribution < 1.29 is 23.5 Å². The average Bonchev–Trinajstić information content (AvgIpc) is 2.92. The van der Waals surface area contributed by atoms with E-state index in [9.17, 15) is 18.8 Å². The molecule has 2 heterocycles. The molecule has 0 atom stereocenters. The summed E-state index contributed by atoms with van der Waals surface area (Å²) in [6.45, 7) is -0.430. The van der Waals surface area contributed by atoms with Crippen molar-refractivity contribution in [3.63, 3.8) is 0 Å². The van der Waals surface area contributed by atoms with Crippen molar-refractivity contribution in [2.75, 3.05) is 16.4 Å². The van der Waals surface area contributed by atoms with E-state index in [1.165, 1.54) is 0 Å². The molecule has 28 heavy (non-hydrogen) atoms. The van der Waals surface area contributed by atoms with E-state index >= 15 is 0 Å². The molecule has 3 amide bonds. The third-order valence-electron chi connectivity index (χ3n) is 5.10. The van der Waals surface area contributed by atoms with Gasteiger partial charge in [-0.2, -0.15) is 0 Å². The number of imide groups is 1. The van der Waals surface area contributed by atoms with E-state index in [1.54, 1.807) is 0 Å². The number of terminal acetylenes is 1. The fraction of sp³-hybridized carbons (Fsp3) is 0.316. The molecule has 0 aromatic heterocycles. The molecule has 0 saturated heterocycles. The number of halogens is 1. The summed E-state index contributed by atoms with van der Waals surface area (Å²) in [5.41, 5.74) is 0.502. The number of ether oxygens (including phenoxy) is 1. The third-order valence-corrected chi connectivity index (χ3v) is 5.10. The van der Waals surface area contributed by atoms with Gasteiger partial charge >= 0.3 is 0 Å². The molecule has 0 fully saturated rings. The molecule has 0 saturated carbocycles. The highest BCUT2D eigenvalue weighted by Crippen LogP contribution is 2.42. The summed E-state index contributed by atoms with van der Waals surface area (Å²) in [6.07, 6.45) is 7.87. The highest BCUT2D eigenvalue weighted by molar-refractivity contribution is 6.46. The lowest BCUT2D eigenvalue weighted by atomic mass is 9.61. The predicted molar refractivity (Wildman–Crippen MR) is 100 cm³/mol. The van der Waals surface area contributed by atoms with Gasteiger partial charge < -0.3 is 9.64 Å². The Bertz CT molecular complexity index is 984. The van der Waals surface area contributed by atoms with Crippen LogP contribution in [0.25, 0.3) is 0 Å². The Hall–Kier alpha value is -3.01. The molecular weight excluding hydrogens is 361 g/mol. The second-order valence-electron chi connectivity index (χ2n) is 6.87. The summed E-state index contributed by atoms with van der Waals surface area (Å²) in [5.74, 6) is -0.524. The average molecular weight is 374 g/mol. The zero-order chi connectivity index (χ0) is 20.2. The van der Waals surface area contributed by atoms with Crippen molar-refractivity contribution in [2.24, 2.45) is 0 Å². The van der Waals surface area contributed by atoms with Crippen LogP contribution in [-0.4, -0.2) is 45.4 Å². The van der Waals surface area contributed by atoms with Gasteiger partial charge in [-0.1, -0.05) is 5.92 Å². The van der Waals surface area contributed by atoms with E-state index in [0.29, 0.717) is 24.0 Å². The molecular formula is C19H13B2FN2O4. The Kier molecular flexibility index (Phi) is 4.11. The Morgan fingerprint density at radius 1 is 1.07 bits per heavy atom. The number of anilines is 2. The summed E-state index contributed by atoms with van der Waals surface area (Å²) >= 11 is 0. The third kappa shape index (κ3) is 2.55. The first-order valence-electron chi connectivity index (χ1n) is 8.72. The van der Waals surface area contributed by atoms with Gasteiger partial charge in [0.2, 0.25) is 0 Å². The van der Waals surface area contributed by atoms with Gasteiger partial charge in [0.1, 0.15) is 21.4 Å². The molecule has 2 aliphatic heterocycles. The zero-order valence-corrected chi connectivity index (χ0v) is 14.8. The number of amides is 3. The van der Waals surface area contributed by atoms with Gasteiger partial charge in [-0.05, 0) is 31.7 Å². The molecule has 3 aliphatic rings. The minimum Gasteiger partial charge on any atom is -0.481 e. The summed E-state index contributed by atoms with van der Waals surface area (Å²) in [6, 6.07) is 2.12. The fourth-order valence-electron chi connectivity index (χ4n) is 3.76. The lowest BCUT2D eigenvalue weighted by Gasteiger charge is -2.39. The van der Waals surface area contributed by atoms with Gasteiger partial charge in [0.15, 0.2) is 12.4 Å². The Labute approximate surface area is 163 Å². The van der Waals surface area contributed by atoms with Crippen LogP contribution in [0.4, 0.5) is 15.8 Å². The van der Waals surface area contributed by atoms with E-state index in [0.717, 1.165) is 34.8 Å². The molecule has 6 nitrogen and oxygen atoms in total. The first-order chi connectivity index (χ1) is 13.3. The number of carbonyl (C=O) groups excluding carboxylic acids is 3. The van der Waals surface area contributed by atoms with Gasteiger partial charge in [-0.25, -0.2) is 9.29 Å². The van der Waals surface area contributed by atoms with Crippen LogP contribution in [0.1, 0.15) is 25.7 Å². The van der Waals surface area contributed by atoms with Crippen LogP contribution in [0.3, 0.4) is 0 Å². The van der Waals surface area contributed by atoms with E-state index in [4.69, 9.17) is 26.9 Å². The van der Waals surface area contributed by atoms with Gasteiger partial charge in [0.25, 0.3) is 17.7 Å². The molecule has 0 bridgehead atoms. The SMILES string of the molecule is [B]C([B])(C#C)N1C(=O)COc2cc(F)c(N3C(=O)C4=C(CCCC4)C3=O)cc21. The van der Waals surface area contributed by atoms with Crippen molar-refractivity contribution in [3.8, 4) is 18.1 Å². The second kappa shape index (κ2) is 6.26. The fourth-order valence-corrected chi connectivity index (χ4v) is 3.76.